The Hall–Kier alpha value is -4.08. The van der Waals surface area contributed by atoms with E-state index in [9.17, 15) is 19.2 Å². The Labute approximate surface area is 258 Å². The highest BCUT2D eigenvalue weighted by atomic mass is 16.6. The molecule has 5 rings (SSSR count). The van der Waals surface area contributed by atoms with Crippen LogP contribution in [0, 0.1) is 11.8 Å². The van der Waals surface area contributed by atoms with E-state index in [2.05, 4.69) is 0 Å². The monoisotopic (exact) mass is 605 g/mol. The van der Waals surface area contributed by atoms with E-state index in [1.807, 2.05) is 36.4 Å². The number of fused-ring (bicyclic) bond motifs is 1. The molecule has 236 valence electrons. The molecule has 0 unspecified atom stereocenters. The minimum atomic E-state index is -0.941. The van der Waals surface area contributed by atoms with Gasteiger partial charge < -0.3 is 29.7 Å². The molecule has 0 radical (unpaired) electrons. The molecular weight excluding hydrogens is 562 g/mol. The van der Waals surface area contributed by atoms with Crippen molar-refractivity contribution in [2.45, 2.75) is 90.2 Å². The van der Waals surface area contributed by atoms with Crippen molar-refractivity contribution in [2.24, 2.45) is 17.6 Å². The van der Waals surface area contributed by atoms with Crippen LogP contribution in [0.4, 0.5) is 4.79 Å². The van der Waals surface area contributed by atoms with Gasteiger partial charge in [-0.15, -0.1) is 0 Å². The standard InChI is InChI=1S/C34H43N3O7/c1-34(2,3)44-30(38)16-15-28(31(35)39)37-18-24-17-25(13-14-26(24)32(37)40)43-29-20-36(19-27(29)23-11-7-8-12-23)33(41)42-21-22-9-5-4-6-10-22/h4-6,9-10,13-14,17,23,27-29H,7-8,11-12,15-16,18-21H2,1-3H3,(H2,35,39)/t27-,28+,29+/m1/s1. The van der Waals surface area contributed by atoms with E-state index in [-0.39, 0.29) is 50.0 Å². The van der Waals surface area contributed by atoms with Crippen LogP contribution >= 0.6 is 0 Å². The number of esters is 1. The second-order valence-corrected chi connectivity index (χ2v) is 13.1. The van der Waals surface area contributed by atoms with Crippen molar-refractivity contribution < 1.29 is 33.4 Å². The van der Waals surface area contributed by atoms with Crippen LogP contribution in [-0.4, -0.2) is 64.5 Å². The Bertz CT molecular complexity index is 1370. The highest BCUT2D eigenvalue weighted by Gasteiger charge is 2.43. The summed E-state index contributed by atoms with van der Waals surface area (Å²) in [5.41, 5.74) is 7.17. The van der Waals surface area contributed by atoms with Crippen molar-refractivity contribution in [2.75, 3.05) is 13.1 Å². The number of carbonyl (C=O) groups is 4. The third-order valence-electron chi connectivity index (χ3n) is 8.72. The van der Waals surface area contributed by atoms with E-state index in [1.54, 1.807) is 37.8 Å². The minimum absolute atomic E-state index is 0.0338. The van der Waals surface area contributed by atoms with Gasteiger partial charge in [-0.25, -0.2) is 4.79 Å². The molecule has 3 atom stereocenters. The first kappa shape index (κ1) is 31.3. The number of benzene rings is 2. The number of amides is 3. The molecule has 1 aliphatic carbocycles. The molecule has 3 amide bonds. The molecule has 2 aromatic carbocycles. The third kappa shape index (κ3) is 7.52. The summed E-state index contributed by atoms with van der Waals surface area (Å²) >= 11 is 0. The van der Waals surface area contributed by atoms with Crippen molar-refractivity contribution in [3.8, 4) is 5.75 Å². The minimum Gasteiger partial charge on any atom is -0.488 e. The first-order valence-corrected chi connectivity index (χ1v) is 15.6. The van der Waals surface area contributed by atoms with E-state index in [4.69, 9.17) is 19.9 Å². The lowest BCUT2D eigenvalue weighted by Crippen LogP contribution is -2.45. The Morgan fingerprint density at radius 3 is 2.43 bits per heavy atom. The molecule has 3 aliphatic rings. The molecule has 2 aromatic rings. The van der Waals surface area contributed by atoms with Crippen LogP contribution in [0.25, 0.3) is 0 Å². The maximum atomic E-state index is 13.3. The zero-order valence-electron chi connectivity index (χ0n) is 25.8. The van der Waals surface area contributed by atoms with Crippen LogP contribution in [0.1, 0.15) is 80.8 Å². The highest BCUT2D eigenvalue weighted by molar-refractivity contribution is 6.01. The molecule has 2 fully saturated rings. The smallest absolute Gasteiger partial charge is 0.410 e. The van der Waals surface area contributed by atoms with E-state index in [0.29, 0.717) is 30.3 Å². The summed E-state index contributed by atoms with van der Waals surface area (Å²) in [5.74, 6) is -0.169. The van der Waals surface area contributed by atoms with Gasteiger partial charge in [-0.1, -0.05) is 43.2 Å². The molecule has 2 N–H and O–H groups in total. The van der Waals surface area contributed by atoms with Crippen LogP contribution in [0.2, 0.25) is 0 Å². The van der Waals surface area contributed by atoms with Gasteiger partial charge in [0.1, 0.15) is 30.1 Å². The summed E-state index contributed by atoms with van der Waals surface area (Å²) < 4.78 is 17.5. The van der Waals surface area contributed by atoms with Crippen LogP contribution < -0.4 is 10.5 Å². The molecule has 44 heavy (non-hydrogen) atoms. The molecule has 10 nitrogen and oxygen atoms in total. The number of carbonyl (C=O) groups excluding carboxylic acids is 4. The Balaban J connectivity index is 1.24. The molecule has 2 aliphatic heterocycles. The number of nitrogens with zero attached hydrogens (tertiary/aromatic N) is 2. The largest absolute Gasteiger partial charge is 0.488 e. The number of ether oxygens (including phenoxy) is 3. The number of hydrogen-bond acceptors (Lipinski definition) is 7. The Morgan fingerprint density at radius 2 is 1.75 bits per heavy atom. The predicted molar refractivity (Wildman–Crippen MR) is 162 cm³/mol. The maximum Gasteiger partial charge on any atom is 0.410 e. The molecule has 0 aromatic heterocycles. The van der Waals surface area contributed by atoms with E-state index < -0.39 is 23.5 Å². The van der Waals surface area contributed by atoms with E-state index in [0.717, 1.165) is 24.0 Å². The van der Waals surface area contributed by atoms with Crippen molar-refractivity contribution >= 4 is 23.9 Å². The molecule has 10 heteroatoms. The number of nitrogens with two attached hydrogens (primary N) is 1. The van der Waals surface area contributed by atoms with E-state index >= 15 is 0 Å². The van der Waals surface area contributed by atoms with Crippen molar-refractivity contribution in [3.63, 3.8) is 0 Å². The first-order valence-electron chi connectivity index (χ1n) is 15.6. The fourth-order valence-electron chi connectivity index (χ4n) is 6.64. The van der Waals surface area contributed by atoms with Gasteiger partial charge in [-0.05, 0) is 75.3 Å². The number of hydrogen-bond donors (Lipinski definition) is 1. The molecule has 2 heterocycles. The van der Waals surface area contributed by atoms with E-state index in [1.165, 1.54) is 17.7 Å². The molecule has 1 saturated heterocycles. The van der Waals surface area contributed by atoms with Gasteiger partial charge in [0.2, 0.25) is 5.91 Å². The van der Waals surface area contributed by atoms with Crippen LogP contribution in [0.5, 0.6) is 5.75 Å². The fourth-order valence-corrected chi connectivity index (χ4v) is 6.64. The maximum absolute atomic E-state index is 13.3. The van der Waals surface area contributed by atoms with Crippen molar-refractivity contribution in [1.82, 2.24) is 9.80 Å². The van der Waals surface area contributed by atoms with Crippen molar-refractivity contribution in [1.29, 1.82) is 0 Å². The van der Waals surface area contributed by atoms with Gasteiger partial charge in [-0.3, -0.25) is 14.4 Å². The summed E-state index contributed by atoms with van der Waals surface area (Å²) in [6.45, 7) is 6.72. The lowest BCUT2D eigenvalue weighted by atomic mass is 9.88. The summed E-state index contributed by atoms with van der Waals surface area (Å²) in [7, 11) is 0. The van der Waals surface area contributed by atoms with Gasteiger partial charge >= 0.3 is 12.1 Å². The molecule has 0 spiro atoms. The van der Waals surface area contributed by atoms with Crippen LogP contribution in [-0.2, 0) is 32.2 Å². The quantitative estimate of drug-likeness (QED) is 0.385. The average molecular weight is 606 g/mol. The second-order valence-electron chi connectivity index (χ2n) is 13.1. The molecular formula is C34H43N3O7. The first-order chi connectivity index (χ1) is 21.0. The van der Waals surface area contributed by atoms with Gasteiger partial charge in [0.15, 0.2) is 0 Å². The molecule has 1 saturated carbocycles. The summed E-state index contributed by atoms with van der Waals surface area (Å²) in [4.78, 5) is 54.1. The highest BCUT2D eigenvalue weighted by Crippen LogP contribution is 2.39. The average Bonchev–Trinajstić information content (AvgIpc) is 3.71. The third-order valence-corrected chi connectivity index (χ3v) is 8.72. The Morgan fingerprint density at radius 1 is 1.02 bits per heavy atom. The van der Waals surface area contributed by atoms with Gasteiger partial charge in [-0.2, -0.15) is 0 Å². The summed E-state index contributed by atoms with van der Waals surface area (Å²) in [5, 5.41) is 0. The zero-order valence-corrected chi connectivity index (χ0v) is 25.8. The lowest BCUT2D eigenvalue weighted by molar-refractivity contribution is -0.155. The zero-order chi connectivity index (χ0) is 31.4. The second kappa shape index (κ2) is 13.3. The number of likely N-dealkylation sites (tertiary alicyclic amines) is 1. The summed E-state index contributed by atoms with van der Waals surface area (Å²) in [6, 6.07) is 14.0. The SMILES string of the molecule is CC(C)(C)OC(=O)CC[C@@H](C(N)=O)N1Cc2cc(O[C@H]3CN(C(=O)OCc4ccccc4)C[C@@H]3C3CCCC3)ccc2C1=O. The van der Waals surface area contributed by atoms with Gasteiger partial charge in [0.05, 0.1) is 6.54 Å². The number of primary amides is 1. The van der Waals surface area contributed by atoms with Crippen LogP contribution in [0.15, 0.2) is 48.5 Å². The van der Waals surface area contributed by atoms with Gasteiger partial charge in [0.25, 0.3) is 5.91 Å². The predicted octanol–water partition coefficient (Wildman–Crippen LogP) is 4.82. The van der Waals surface area contributed by atoms with Crippen molar-refractivity contribution in [3.05, 3.63) is 65.2 Å². The molecule has 0 bridgehead atoms. The summed E-state index contributed by atoms with van der Waals surface area (Å²) in [6.07, 6.45) is 4.08. The topological polar surface area (TPSA) is 128 Å². The van der Waals surface area contributed by atoms with Crippen LogP contribution in [0.3, 0.4) is 0 Å². The van der Waals surface area contributed by atoms with Gasteiger partial charge in [0, 0.05) is 31.0 Å². The Kier molecular flexibility index (Phi) is 9.46. The normalized spacial score (nSPS) is 20.8. The fraction of sp³-hybridized carbons (Fsp3) is 0.529. The number of rotatable bonds is 10. The lowest BCUT2D eigenvalue weighted by Gasteiger charge is -2.26.